The van der Waals surface area contributed by atoms with Gasteiger partial charge in [-0.05, 0) is 38.4 Å². The molecule has 8 nitrogen and oxygen atoms in total. The minimum absolute atomic E-state index is 0.0812. The average Bonchev–Trinajstić information content (AvgIpc) is 3.35. The number of aromatic nitrogens is 4. The Morgan fingerprint density at radius 1 is 1.07 bits per heavy atom. The first-order valence-corrected chi connectivity index (χ1v) is 9.22. The van der Waals surface area contributed by atoms with Gasteiger partial charge in [-0.1, -0.05) is 0 Å². The van der Waals surface area contributed by atoms with Crippen LogP contribution in [0, 0.1) is 11.3 Å². The number of likely N-dealkylation sites (N-methyl/N-ethyl adjacent to an activating group) is 1. The summed E-state index contributed by atoms with van der Waals surface area (Å²) in [6.45, 7) is 1.09. The Bertz CT molecular complexity index is 1010. The van der Waals surface area contributed by atoms with Crippen molar-refractivity contribution in [3.8, 4) is 11.8 Å². The van der Waals surface area contributed by atoms with Crippen molar-refractivity contribution in [3.05, 3.63) is 54.9 Å². The molecule has 0 aliphatic carbocycles. The van der Waals surface area contributed by atoms with Gasteiger partial charge in [0.25, 0.3) is 0 Å². The highest BCUT2D eigenvalue weighted by Crippen LogP contribution is 2.25. The van der Waals surface area contributed by atoms with Crippen LogP contribution in [0.3, 0.4) is 0 Å². The average molecular weight is 392 g/mol. The number of rotatable bonds is 5. The van der Waals surface area contributed by atoms with E-state index in [1.54, 1.807) is 6.33 Å². The number of imidazole rings is 1. The summed E-state index contributed by atoms with van der Waals surface area (Å²) in [5, 5.41) is 11.8. The molecule has 0 radical (unpaired) electrons. The molecule has 1 N–H and O–H groups in total. The lowest BCUT2D eigenvalue weighted by Crippen LogP contribution is -2.36. The number of halogens is 1. The Labute approximate surface area is 168 Å². The number of nitriles is 1. The van der Waals surface area contributed by atoms with Crippen LogP contribution < -0.4 is 10.2 Å². The summed E-state index contributed by atoms with van der Waals surface area (Å²) < 4.78 is 16.1. The summed E-state index contributed by atoms with van der Waals surface area (Å²) >= 11 is 0. The topological polar surface area (TPSA) is 85.9 Å². The zero-order chi connectivity index (χ0) is 20.4. The molecule has 29 heavy (non-hydrogen) atoms. The van der Waals surface area contributed by atoms with Crippen molar-refractivity contribution < 1.29 is 4.39 Å². The van der Waals surface area contributed by atoms with Crippen molar-refractivity contribution in [2.24, 2.45) is 0 Å². The lowest BCUT2D eigenvalue weighted by molar-refractivity contribution is 0.202. The van der Waals surface area contributed by atoms with Crippen LogP contribution in [0.4, 0.5) is 21.7 Å². The highest BCUT2D eigenvalue weighted by molar-refractivity contribution is 5.54. The van der Waals surface area contributed by atoms with Crippen molar-refractivity contribution in [2.45, 2.75) is 12.2 Å². The van der Waals surface area contributed by atoms with E-state index in [0.29, 0.717) is 24.7 Å². The maximum Gasteiger partial charge on any atom is 0.158 e. The van der Waals surface area contributed by atoms with E-state index in [-0.39, 0.29) is 11.7 Å². The second kappa shape index (κ2) is 7.85. The van der Waals surface area contributed by atoms with Gasteiger partial charge in [-0.2, -0.15) is 5.26 Å². The summed E-state index contributed by atoms with van der Waals surface area (Å²) in [7, 11) is 3.83. The van der Waals surface area contributed by atoms with Gasteiger partial charge in [-0.15, -0.1) is 0 Å². The van der Waals surface area contributed by atoms with Crippen LogP contribution in [-0.2, 0) is 0 Å². The zero-order valence-corrected chi connectivity index (χ0v) is 16.2. The molecule has 0 unspecified atom stereocenters. The Balaban J connectivity index is 1.44. The van der Waals surface area contributed by atoms with E-state index in [0.717, 1.165) is 11.4 Å². The zero-order valence-electron chi connectivity index (χ0n) is 16.2. The van der Waals surface area contributed by atoms with Crippen molar-refractivity contribution in [2.75, 3.05) is 37.4 Å². The molecule has 2 aromatic heterocycles. The highest BCUT2D eigenvalue weighted by Gasteiger charge is 2.34. The highest BCUT2D eigenvalue weighted by atomic mass is 19.1. The molecule has 0 amide bonds. The van der Waals surface area contributed by atoms with Crippen molar-refractivity contribution in [1.82, 2.24) is 24.4 Å². The number of anilines is 3. The first-order chi connectivity index (χ1) is 14.0. The van der Waals surface area contributed by atoms with E-state index in [1.807, 2.05) is 60.1 Å². The molecule has 3 aromatic rings. The van der Waals surface area contributed by atoms with E-state index < -0.39 is 6.17 Å². The summed E-state index contributed by atoms with van der Waals surface area (Å²) in [6.07, 6.45) is 5.58. The molecule has 1 saturated heterocycles. The molecule has 4 rings (SSSR count). The van der Waals surface area contributed by atoms with Gasteiger partial charge in [0.1, 0.15) is 30.2 Å². The molecule has 0 bridgehead atoms. The molecule has 0 spiro atoms. The van der Waals surface area contributed by atoms with Gasteiger partial charge < -0.3 is 19.7 Å². The predicted octanol–water partition coefficient (Wildman–Crippen LogP) is 2.37. The smallest absolute Gasteiger partial charge is 0.158 e. The van der Waals surface area contributed by atoms with E-state index >= 15 is 0 Å². The largest absolute Gasteiger partial charge is 0.367 e. The SMILES string of the molecule is CN(C)[C@H]1CN(c2ccc(-n3cnc(Nc4cnc(C#N)cn4)c3)cc2)C[C@H]1F. The van der Waals surface area contributed by atoms with Crippen LogP contribution in [0.25, 0.3) is 5.69 Å². The van der Waals surface area contributed by atoms with Crippen LogP contribution in [0.15, 0.2) is 49.2 Å². The third-order valence-electron chi connectivity index (χ3n) is 5.00. The predicted molar refractivity (Wildman–Crippen MR) is 108 cm³/mol. The molecule has 1 fully saturated rings. The lowest BCUT2D eigenvalue weighted by Gasteiger charge is -2.21. The minimum atomic E-state index is -0.850. The van der Waals surface area contributed by atoms with Crippen LogP contribution in [0.2, 0.25) is 0 Å². The molecule has 3 heterocycles. The van der Waals surface area contributed by atoms with Crippen LogP contribution >= 0.6 is 0 Å². The van der Waals surface area contributed by atoms with E-state index in [2.05, 4.69) is 25.2 Å². The monoisotopic (exact) mass is 392 g/mol. The van der Waals surface area contributed by atoms with Crippen molar-refractivity contribution in [1.29, 1.82) is 5.26 Å². The molecular weight excluding hydrogens is 371 g/mol. The number of nitrogens with one attached hydrogen (secondary N) is 1. The molecule has 9 heteroatoms. The number of hydrogen-bond donors (Lipinski definition) is 1. The molecule has 148 valence electrons. The van der Waals surface area contributed by atoms with Crippen LogP contribution in [-0.4, -0.2) is 63.8 Å². The van der Waals surface area contributed by atoms with Gasteiger partial charge >= 0.3 is 0 Å². The van der Waals surface area contributed by atoms with Gasteiger partial charge in [0.2, 0.25) is 0 Å². The van der Waals surface area contributed by atoms with Crippen molar-refractivity contribution in [3.63, 3.8) is 0 Å². The third-order valence-corrected chi connectivity index (χ3v) is 5.00. The summed E-state index contributed by atoms with van der Waals surface area (Å²) in [5.74, 6) is 1.12. The molecule has 1 aliphatic heterocycles. The number of hydrogen-bond acceptors (Lipinski definition) is 7. The van der Waals surface area contributed by atoms with E-state index in [4.69, 9.17) is 5.26 Å². The number of nitrogens with zero attached hydrogens (tertiary/aromatic N) is 7. The fourth-order valence-corrected chi connectivity index (χ4v) is 3.39. The lowest BCUT2D eigenvalue weighted by atomic mass is 10.2. The summed E-state index contributed by atoms with van der Waals surface area (Å²) in [4.78, 5) is 16.4. The van der Waals surface area contributed by atoms with Gasteiger partial charge in [-0.3, -0.25) is 0 Å². The molecule has 2 atom stereocenters. The van der Waals surface area contributed by atoms with Crippen molar-refractivity contribution >= 4 is 17.3 Å². The van der Waals surface area contributed by atoms with Crippen LogP contribution in [0.1, 0.15) is 5.69 Å². The second-order valence-electron chi connectivity index (χ2n) is 7.16. The maximum absolute atomic E-state index is 14.2. The van der Waals surface area contributed by atoms with Crippen LogP contribution in [0.5, 0.6) is 0 Å². The molecule has 1 aromatic carbocycles. The fraction of sp³-hybridized carbons (Fsp3) is 0.300. The maximum atomic E-state index is 14.2. The minimum Gasteiger partial charge on any atom is -0.367 e. The first kappa shape index (κ1) is 18.8. The first-order valence-electron chi connectivity index (χ1n) is 9.22. The normalized spacial score (nSPS) is 18.8. The summed E-state index contributed by atoms with van der Waals surface area (Å²) in [6, 6.07) is 9.82. The van der Waals surface area contributed by atoms with Gasteiger partial charge in [0, 0.05) is 17.9 Å². The third kappa shape index (κ3) is 4.02. The molecule has 1 aliphatic rings. The quantitative estimate of drug-likeness (QED) is 0.713. The standard InChI is InChI=1S/C20H21FN8/c1-27(2)18-11-28(10-17(18)21)15-3-5-16(6-4-15)29-12-20(25-13-29)26-19-9-23-14(7-22)8-24-19/h3-6,8-9,12-13,17-18H,10-11H2,1-2H3,(H,24,26)/t17-,18+/m1/s1. The molecule has 0 saturated carbocycles. The van der Waals surface area contributed by atoms with E-state index in [9.17, 15) is 4.39 Å². The summed E-state index contributed by atoms with van der Waals surface area (Å²) in [5.41, 5.74) is 2.21. The Morgan fingerprint density at radius 3 is 2.45 bits per heavy atom. The molecular formula is C20H21FN8. The van der Waals surface area contributed by atoms with Gasteiger partial charge in [0.15, 0.2) is 5.69 Å². The number of benzene rings is 1. The fourth-order valence-electron chi connectivity index (χ4n) is 3.39. The van der Waals surface area contributed by atoms with Gasteiger partial charge in [0.05, 0.1) is 31.2 Å². The second-order valence-corrected chi connectivity index (χ2v) is 7.16. The Kier molecular flexibility index (Phi) is 5.10. The van der Waals surface area contributed by atoms with E-state index in [1.165, 1.54) is 12.4 Å². The number of alkyl halides is 1. The Hall–Kier alpha value is -3.51. The van der Waals surface area contributed by atoms with Gasteiger partial charge in [-0.25, -0.2) is 19.3 Å². The Morgan fingerprint density at radius 2 is 1.83 bits per heavy atom.